The lowest BCUT2D eigenvalue weighted by Gasteiger charge is -2.07. The lowest BCUT2D eigenvalue weighted by molar-refractivity contribution is 0.0600. The fraction of sp³-hybridized carbons (Fsp3) is 0.333. The molecule has 0 unspecified atom stereocenters. The molecule has 5 nitrogen and oxygen atoms in total. The molecule has 0 aromatic carbocycles. The molecular weight excluding hydrogens is 184 g/mol. The van der Waals surface area contributed by atoms with Crippen molar-refractivity contribution < 1.29 is 14.6 Å². The van der Waals surface area contributed by atoms with Gasteiger partial charge in [0.25, 0.3) is 0 Å². The number of methoxy groups -OCH3 is 1. The van der Waals surface area contributed by atoms with Gasteiger partial charge in [0.1, 0.15) is 0 Å². The van der Waals surface area contributed by atoms with E-state index < -0.39 is 12.0 Å². The molecule has 1 atom stereocenters. The number of aliphatic hydroxyl groups excluding tert-OH is 1. The van der Waals surface area contributed by atoms with Crippen molar-refractivity contribution in [2.45, 2.75) is 6.04 Å². The van der Waals surface area contributed by atoms with Crippen molar-refractivity contribution in [3.8, 4) is 0 Å². The maximum atomic E-state index is 11.1. The number of aliphatic hydroxyl groups is 1. The minimum absolute atomic E-state index is 0.211. The van der Waals surface area contributed by atoms with E-state index in [0.29, 0.717) is 11.3 Å². The molecule has 0 saturated heterocycles. The van der Waals surface area contributed by atoms with Crippen LogP contribution in [0.5, 0.6) is 0 Å². The first-order valence-corrected chi connectivity index (χ1v) is 4.09. The molecule has 1 rings (SSSR count). The molecule has 0 bridgehead atoms. The van der Waals surface area contributed by atoms with Crippen molar-refractivity contribution in [2.24, 2.45) is 5.73 Å². The van der Waals surface area contributed by atoms with E-state index in [1.807, 2.05) is 0 Å². The van der Waals surface area contributed by atoms with Gasteiger partial charge in [-0.1, -0.05) is 0 Å². The first kappa shape index (κ1) is 10.6. The number of carbonyl (C=O) groups is 1. The number of hydrogen-bond donors (Lipinski definition) is 2. The molecule has 1 aromatic rings. The summed E-state index contributed by atoms with van der Waals surface area (Å²) in [5, 5.41) is 8.79. The second-order valence-electron chi connectivity index (χ2n) is 2.75. The maximum absolute atomic E-state index is 11.1. The highest BCUT2D eigenvalue weighted by Gasteiger charge is 2.10. The van der Waals surface area contributed by atoms with E-state index in [2.05, 4.69) is 9.72 Å². The summed E-state index contributed by atoms with van der Waals surface area (Å²) in [5.74, 6) is -0.446. The Kier molecular flexibility index (Phi) is 3.55. The SMILES string of the molecule is COC(=O)c1ccnc([C@H](N)CO)c1. The van der Waals surface area contributed by atoms with Crippen LogP contribution in [0.25, 0.3) is 0 Å². The molecule has 0 aliphatic carbocycles. The molecule has 5 heteroatoms. The first-order valence-electron chi connectivity index (χ1n) is 4.09. The number of aromatic nitrogens is 1. The van der Waals surface area contributed by atoms with Crippen LogP contribution in [-0.4, -0.2) is 29.8 Å². The number of ether oxygens (including phenoxy) is 1. The second kappa shape index (κ2) is 4.69. The third-order valence-electron chi connectivity index (χ3n) is 1.78. The minimum Gasteiger partial charge on any atom is -0.465 e. The Bertz CT molecular complexity index is 328. The topological polar surface area (TPSA) is 85.4 Å². The summed E-state index contributed by atoms with van der Waals surface area (Å²) in [4.78, 5) is 15.1. The zero-order valence-electron chi connectivity index (χ0n) is 7.80. The van der Waals surface area contributed by atoms with Gasteiger partial charge in [-0.3, -0.25) is 4.98 Å². The summed E-state index contributed by atoms with van der Waals surface area (Å²) in [7, 11) is 1.30. The molecule has 0 fully saturated rings. The van der Waals surface area contributed by atoms with Crippen LogP contribution < -0.4 is 5.73 Å². The highest BCUT2D eigenvalue weighted by atomic mass is 16.5. The molecule has 1 heterocycles. The molecule has 0 radical (unpaired) electrons. The largest absolute Gasteiger partial charge is 0.465 e. The van der Waals surface area contributed by atoms with E-state index in [4.69, 9.17) is 10.8 Å². The first-order chi connectivity index (χ1) is 6.69. The Labute approximate surface area is 81.5 Å². The zero-order chi connectivity index (χ0) is 10.6. The van der Waals surface area contributed by atoms with Crippen molar-refractivity contribution >= 4 is 5.97 Å². The van der Waals surface area contributed by atoms with E-state index >= 15 is 0 Å². The van der Waals surface area contributed by atoms with Crippen LogP contribution in [0.1, 0.15) is 22.1 Å². The number of rotatable bonds is 3. The lowest BCUT2D eigenvalue weighted by atomic mass is 10.1. The summed E-state index contributed by atoms with van der Waals surface area (Å²) in [5.41, 5.74) is 6.38. The molecule has 0 aliphatic rings. The quantitative estimate of drug-likeness (QED) is 0.657. The van der Waals surface area contributed by atoms with Crippen molar-refractivity contribution in [3.05, 3.63) is 29.6 Å². The molecule has 1 aromatic heterocycles. The number of esters is 1. The summed E-state index contributed by atoms with van der Waals surface area (Å²) in [6.45, 7) is -0.211. The molecule has 3 N–H and O–H groups in total. The van der Waals surface area contributed by atoms with Crippen LogP contribution in [0.3, 0.4) is 0 Å². The Morgan fingerprint density at radius 3 is 3.07 bits per heavy atom. The lowest BCUT2D eigenvalue weighted by Crippen LogP contribution is -2.16. The highest BCUT2D eigenvalue weighted by Crippen LogP contribution is 2.09. The van der Waals surface area contributed by atoms with Crippen molar-refractivity contribution in [1.82, 2.24) is 4.98 Å². The third kappa shape index (κ3) is 2.27. The van der Waals surface area contributed by atoms with Gasteiger partial charge >= 0.3 is 5.97 Å². The van der Waals surface area contributed by atoms with E-state index in [1.54, 1.807) is 0 Å². The highest BCUT2D eigenvalue weighted by molar-refractivity contribution is 5.89. The average Bonchev–Trinajstić information content (AvgIpc) is 2.27. The Morgan fingerprint density at radius 1 is 1.79 bits per heavy atom. The zero-order valence-corrected chi connectivity index (χ0v) is 7.80. The van der Waals surface area contributed by atoms with Crippen LogP contribution in [0, 0.1) is 0 Å². The van der Waals surface area contributed by atoms with Gasteiger partial charge in [0.2, 0.25) is 0 Å². The molecule has 0 saturated carbocycles. The minimum atomic E-state index is -0.570. The van der Waals surface area contributed by atoms with Gasteiger partial charge in [0.05, 0.1) is 31.0 Å². The van der Waals surface area contributed by atoms with Gasteiger partial charge in [-0.05, 0) is 12.1 Å². The molecule has 0 spiro atoms. The number of hydrogen-bond acceptors (Lipinski definition) is 5. The number of nitrogens with two attached hydrogens (primary N) is 1. The van der Waals surface area contributed by atoms with Gasteiger partial charge in [0.15, 0.2) is 0 Å². The smallest absolute Gasteiger partial charge is 0.337 e. The molecule has 0 aliphatic heterocycles. The Morgan fingerprint density at radius 2 is 2.50 bits per heavy atom. The molecule has 0 amide bonds. The fourth-order valence-electron chi connectivity index (χ4n) is 0.989. The Hall–Kier alpha value is -1.46. The third-order valence-corrected chi connectivity index (χ3v) is 1.78. The van der Waals surface area contributed by atoms with Gasteiger partial charge in [-0.2, -0.15) is 0 Å². The summed E-state index contributed by atoms with van der Waals surface area (Å²) >= 11 is 0. The number of carbonyl (C=O) groups excluding carboxylic acids is 1. The van der Waals surface area contributed by atoms with E-state index in [1.165, 1.54) is 25.4 Å². The van der Waals surface area contributed by atoms with Crippen LogP contribution in [0.2, 0.25) is 0 Å². The van der Waals surface area contributed by atoms with Gasteiger partial charge in [-0.15, -0.1) is 0 Å². The van der Waals surface area contributed by atoms with Crippen LogP contribution in [0.4, 0.5) is 0 Å². The number of nitrogens with zero attached hydrogens (tertiary/aromatic N) is 1. The van der Waals surface area contributed by atoms with E-state index in [-0.39, 0.29) is 6.61 Å². The molecular formula is C9H12N2O3. The van der Waals surface area contributed by atoms with E-state index in [0.717, 1.165) is 0 Å². The van der Waals surface area contributed by atoms with Crippen molar-refractivity contribution in [3.63, 3.8) is 0 Å². The van der Waals surface area contributed by atoms with Crippen LogP contribution in [0.15, 0.2) is 18.3 Å². The normalized spacial score (nSPS) is 12.2. The maximum Gasteiger partial charge on any atom is 0.337 e. The predicted octanol–water partition coefficient (Wildman–Crippen LogP) is -0.140. The summed E-state index contributed by atoms with van der Waals surface area (Å²) in [6, 6.07) is 2.46. The number of pyridine rings is 1. The van der Waals surface area contributed by atoms with E-state index in [9.17, 15) is 4.79 Å². The van der Waals surface area contributed by atoms with Crippen molar-refractivity contribution in [2.75, 3.05) is 13.7 Å². The second-order valence-corrected chi connectivity index (χ2v) is 2.75. The van der Waals surface area contributed by atoms with Gasteiger partial charge in [-0.25, -0.2) is 4.79 Å². The fourth-order valence-corrected chi connectivity index (χ4v) is 0.989. The predicted molar refractivity (Wildman–Crippen MR) is 49.6 cm³/mol. The monoisotopic (exact) mass is 196 g/mol. The van der Waals surface area contributed by atoms with Crippen LogP contribution in [-0.2, 0) is 4.74 Å². The average molecular weight is 196 g/mol. The summed E-state index contributed by atoms with van der Waals surface area (Å²) < 4.78 is 4.53. The van der Waals surface area contributed by atoms with Crippen molar-refractivity contribution in [1.29, 1.82) is 0 Å². The summed E-state index contributed by atoms with van der Waals surface area (Å²) in [6.07, 6.45) is 1.46. The molecule has 76 valence electrons. The van der Waals surface area contributed by atoms with Crippen LogP contribution >= 0.6 is 0 Å². The standard InChI is InChI=1S/C9H12N2O3/c1-14-9(13)6-2-3-11-8(4-6)7(10)5-12/h2-4,7,12H,5,10H2,1H3/t7-/m1/s1. The Balaban J connectivity index is 2.95. The van der Waals surface area contributed by atoms with Gasteiger partial charge in [0, 0.05) is 6.20 Å². The molecule has 14 heavy (non-hydrogen) atoms. The van der Waals surface area contributed by atoms with Gasteiger partial charge < -0.3 is 15.6 Å².